The third kappa shape index (κ3) is 3.39. The molecule has 94 valence electrons. The van der Waals surface area contributed by atoms with Crippen LogP contribution in [0.15, 0.2) is 0 Å². The van der Waals surface area contributed by atoms with Gasteiger partial charge in [0, 0.05) is 12.6 Å². The van der Waals surface area contributed by atoms with E-state index in [4.69, 9.17) is 4.74 Å². The van der Waals surface area contributed by atoms with E-state index in [2.05, 4.69) is 20.8 Å². The van der Waals surface area contributed by atoms with Crippen LogP contribution in [0.25, 0.3) is 0 Å². The highest BCUT2D eigenvalue weighted by Crippen LogP contribution is 2.33. The summed E-state index contributed by atoms with van der Waals surface area (Å²) in [5, 5.41) is 0. The maximum absolute atomic E-state index is 12.0. The Hall–Kier alpha value is -0.730. The van der Waals surface area contributed by atoms with E-state index in [1.807, 2.05) is 25.7 Å². The maximum Gasteiger partial charge on any atom is 0.410 e. The molecule has 1 amide bonds. The number of ether oxygens (including phenoxy) is 1. The van der Waals surface area contributed by atoms with Crippen LogP contribution in [0.4, 0.5) is 4.79 Å². The molecule has 0 saturated carbocycles. The second-order valence-electron chi connectivity index (χ2n) is 6.70. The molecule has 1 aliphatic heterocycles. The Bertz CT molecular complexity index is 260. The SMILES string of the molecule is CC(C)(C)OC(=O)N1CCC[C@@H]1C(C)(C)C. The molecule has 0 aliphatic carbocycles. The van der Waals surface area contributed by atoms with Crippen LogP contribution in [0.1, 0.15) is 54.4 Å². The Morgan fingerprint density at radius 1 is 1.19 bits per heavy atom. The lowest BCUT2D eigenvalue weighted by molar-refractivity contribution is 0.0123. The lowest BCUT2D eigenvalue weighted by Gasteiger charge is -2.35. The Balaban J connectivity index is 2.69. The highest BCUT2D eigenvalue weighted by Gasteiger charge is 2.38. The summed E-state index contributed by atoms with van der Waals surface area (Å²) >= 11 is 0. The smallest absolute Gasteiger partial charge is 0.410 e. The van der Waals surface area contributed by atoms with Crippen LogP contribution in [0.3, 0.4) is 0 Å². The zero-order chi connectivity index (χ0) is 12.6. The summed E-state index contributed by atoms with van der Waals surface area (Å²) in [5.41, 5.74) is -0.268. The Morgan fingerprint density at radius 2 is 1.75 bits per heavy atom. The summed E-state index contributed by atoms with van der Waals surface area (Å²) in [5.74, 6) is 0. The van der Waals surface area contributed by atoms with Crippen molar-refractivity contribution in [3.05, 3.63) is 0 Å². The van der Waals surface area contributed by atoms with Crippen LogP contribution < -0.4 is 0 Å². The second kappa shape index (κ2) is 4.27. The van der Waals surface area contributed by atoms with Gasteiger partial charge in [-0.1, -0.05) is 20.8 Å². The van der Waals surface area contributed by atoms with Crippen molar-refractivity contribution in [1.82, 2.24) is 4.90 Å². The number of nitrogens with zero attached hydrogens (tertiary/aromatic N) is 1. The minimum absolute atomic E-state index is 0.132. The summed E-state index contributed by atoms with van der Waals surface area (Å²) < 4.78 is 5.43. The van der Waals surface area contributed by atoms with Gasteiger partial charge in [-0.2, -0.15) is 0 Å². The summed E-state index contributed by atoms with van der Waals surface area (Å²) in [6.45, 7) is 13.1. The van der Waals surface area contributed by atoms with E-state index in [-0.39, 0.29) is 11.5 Å². The van der Waals surface area contributed by atoms with Gasteiger partial charge in [-0.05, 0) is 39.0 Å². The third-order valence-corrected chi connectivity index (χ3v) is 2.88. The average molecular weight is 227 g/mol. The molecule has 1 heterocycles. The lowest BCUT2D eigenvalue weighted by atomic mass is 9.85. The molecule has 0 N–H and O–H groups in total. The molecule has 16 heavy (non-hydrogen) atoms. The third-order valence-electron chi connectivity index (χ3n) is 2.88. The first-order valence-electron chi connectivity index (χ1n) is 6.11. The highest BCUT2D eigenvalue weighted by atomic mass is 16.6. The number of rotatable bonds is 0. The summed E-state index contributed by atoms with van der Waals surface area (Å²) in [6.07, 6.45) is 2.01. The van der Waals surface area contributed by atoms with E-state index < -0.39 is 5.60 Å². The molecule has 1 aliphatic rings. The van der Waals surface area contributed by atoms with Crippen molar-refractivity contribution < 1.29 is 9.53 Å². The van der Waals surface area contributed by atoms with Gasteiger partial charge in [0.15, 0.2) is 0 Å². The van der Waals surface area contributed by atoms with E-state index in [9.17, 15) is 4.79 Å². The number of likely N-dealkylation sites (tertiary alicyclic amines) is 1. The van der Waals surface area contributed by atoms with Crippen molar-refractivity contribution in [3.63, 3.8) is 0 Å². The fourth-order valence-corrected chi connectivity index (χ4v) is 2.21. The van der Waals surface area contributed by atoms with Gasteiger partial charge in [-0.3, -0.25) is 0 Å². The Morgan fingerprint density at radius 3 is 2.19 bits per heavy atom. The van der Waals surface area contributed by atoms with Crippen LogP contribution in [-0.2, 0) is 4.74 Å². The van der Waals surface area contributed by atoms with Crippen molar-refractivity contribution in [2.24, 2.45) is 5.41 Å². The van der Waals surface area contributed by atoms with Crippen molar-refractivity contribution in [3.8, 4) is 0 Å². The molecule has 0 aromatic rings. The lowest BCUT2D eigenvalue weighted by Crippen LogP contribution is -2.45. The fourth-order valence-electron chi connectivity index (χ4n) is 2.21. The number of hydrogen-bond donors (Lipinski definition) is 0. The van der Waals surface area contributed by atoms with Gasteiger partial charge in [-0.15, -0.1) is 0 Å². The van der Waals surface area contributed by atoms with Crippen LogP contribution >= 0.6 is 0 Å². The Kier molecular flexibility index (Phi) is 3.56. The maximum atomic E-state index is 12.0. The van der Waals surface area contributed by atoms with E-state index in [1.165, 1.54) is 0 Å². The number of carbonyl (C=O) groups is 1. The quantitative estimate of drug-likeness (QED) is 0.634. The molecule has 1 fully saturated rings. The summed E-state index contributed by atoms with van der Waals surface area (Å²) in [4.78, 5) is 13.9. The zero-order valence-corrected chi connectivity index (χ0v) is 11.5. The molecule has 3 heteroatoms. The van der Waals surface area contributed by atoms with E-state index in [0.717, 1.165) is 19.4 Å². The number of carbonyl (C=O) groups excluding carboxylic acids is 1. The van der Waals surface area contributed by atoms with Crippen molar-refractivity contribution in [2.75, 3.05) is 6.54 Å². The van der Waals surface area contributed by atoms with Crippen molar-refractivity contribution in [2.45, 2.75) is 66.0 Å². The van der Waals surface area contributed by atoms with Gasteiger partial charge in [0.05, 0.1) is 0 Å². The summed E-state index contributed by atoms with van der Waals surface area (Å²) in [7, 11) is 0. The largest absolute Gasteiger partial charge is 0.444 e. The van der Waals surface area contributed by atoms with Gasteiger partial charge in [-0.25, -0.2) is 4.79 Å². The first-order valence-corrected chi connectivity index (χ1v) is 6.11. The van der Waals surface area contributed by atoms with Crippen LogP contribution in [0.5, 0.6) is 0 Å². The molecule has 0 radical (unpaired) electrons. The number of hydrogen-bond acceptors (Lipinski definition) is 2. The summed E-state index contributed by atoms with van der Waals surface area (Å²) in [6, 6.07) is 0.308. The molecule has 0 unspecified atom stereocenters. The average Bonchev–Trinajstić information content (AvgIpc) is 2.45. The molecule has 3 nitrogen and oxygen atoms in total. The Labute approximate surface area is 99.1 Å². The monoisotopic (exact) mass is 227 g/mol. The standard InChI is InChI=1S/C13H25NO2/c1-12(2,3)10-8-7-9-14(10)11(15)16-13(4,5)6/h10H,7-9H2,1-6H3/t10-/m1/s1. The van der Waals surface area contributed by atoms with Gasteiger partial charge in [0.1, 0.15) is 5.60 Å². The first-order chi connectivity index (χ1) is 7.11. The minimum Gasteiger partial charge on any atom is -0.444 e. The van der Waals surface area contributed by atoms with Crippen molar-refractivity contribution in [1.29, 1.82) is 0 Å². The highest BCUT2D eigenvalue weighted by molar-refractivity contribution is 5.69. The van der Waals surface area contributed by atoms with Crippen molar-refractivity contribution >= 4 is 6.09 Å². The predicted octanol–water partition coefficient (Wildman–Crippen LogP) is 3.43. The molecule has 1 saturated heterocycles. The fraction of sp³-hybridized carbons (Fsp3) is 0.923. The molecule has 1 rings (SSSR count). The molecule has 0 bridgehead atoms. The van der Waals surface area contributed by atoms with Gasteiger partial charge in [0.2, 0.25) is 0 Å². The normalized spacial score (nSPS) is 22.4. The second-order valence-corrected chi connectivity index (χ2v) is 6.70. The molecular formula is C13H25NO2. The van der Waals surface area contributed by atoms with Gasteiger partial charge in [0.25, 0.3) is 0 Å². The predicted molar refractivity (Wildman–Crippen MR) is 65.4 cm³/mol. The molecule has 1 atom stereocenters. The van der Waals surface area contributed by atoms with E-state index in [0.29, 0.717) is 6.04 Å². The number of amides is 1. The van der Waals surface area contributed by atoms with E-state index in [1.54, 1.807) is 0 Å². The topological polar surface area (TPSA) is 29.5 Å². The van der Waals surface area contributed by atoms with Crippen LogP contribution in [0.2, 0.25) is 0 Å². The van der Waals surface area contributed by atoms with E-state index >= 15 is 0 Å². The van der Waals surface area contributed by atoms with Crippen LogP contribution in [0, 0.1) is 5.41 Å². The van der Waals surface area contributed by atoms with Crippen LogP contribution in [-0.4, -0.2) is 29.2 Å². The van der Waals surface area contributed by atoms with Gasteiger partial charge >= 0.3 is 6.09 Å². The first kappa shape index (κ1) is 13.3. The minimum atomic E-state index is -0.401. The molecule has 0 aromatic carbocycles. The molecule has 0 spiro atoms. The molecular weight excluding hydrogens is 202 g/mol. The zero-order valence-electron chi connectivity index (χ0n) is 11.5. The molecule has 0 aromatic heterocycles. The van der Waals surface area contributed by atoms with Gasteiger partial charge < -0.3 is 9.64 Å².